The minimum Gasteiger partial charge on any atom is -0.290 e. The normalized spacial score (nSPS) is 17.1. The number of hydrogen-bond donors (Lipinski definition) is 0. The van der Waals surface area contributed by atoms with Gasteiger partial charge in [0.1, 0.15) is 0 Å². The SMILES string of the molecule is CCC(C)(C)c1ccc2c(c1)CN(CC(F)(F)F)CC2. The summed E-state index contributed by atoms with van der Waals surface area (Å²) in [5.74, 6) is 0. The van der Waals surface area contributed by atoms with Crippen LogP contribution in [0.5, 0.6) is 0 Å². The van der Waals surface area contributed by atoms with Crippen molar-refractivity contribution in [3.63, 3.8) is 0 Å². The molecule has 0 aromatic heterocycles. The summed E-state index contributed by atoms with van der Waals surface area (Å²) in [6, 6.07) is 6.32. The Morgan fingerprint density at radius 1 is 1.15 bits per heavy atom. The standard InChI is InChI=1S/C16H22F3N/c1-4-15(2,3)14-6-5-12-7-8-20(10-13(12)9-14)11-16(17,18)19/h5-6,9H,4,7-8,10-11H2,1-3H3. The number of fused-ring (bicyclic) bond motifs is 1. The number of benzene rings is 1. The van der Waals surface area contributed by atoms with Gasteiger partial charge in [0.2, 0.25) is 0 Å². The summed E-state index contributed by atoms with van der Waals surface area (Å²) in [7, 11) is 0. The van der Waals surface area contributed by atoms with Crippen molar-refractivity contribution < 1.29 is 13.2 Å². The van der Waals surface area contributed by atoms with E-state index in [4.69, 9.17) is 0 Å². The first-order valence-corrected chi connectivity index (χ1v) is 7.12. The lowest BCUT2D eigenvalue weighted by Gasteiger charge is -2.31. The van der Waals surface area contributed by atoms with Crippen molar-refractivity contribution >= 4 is 0 Å². The summed E-state index contributed by atoms with van der Waals surface area (Å²) >= 11 is 0. The average Bonchev–Trinajstić information content (AvgIpc) is 2.36. The molecular formula is C16H22F3N. The maximum absolute atomic E-state index is 12.5. The van der Waals surface area contributed by atoms with Crippen LogP contribution in [0.25, 0.3) is 0 Å². The maximum Gasteiger partial charge on any atom is 0.401 e. The Kier molecular flexibility index (Phi) is 4.14. The highest BCUT2D eigenvalue weighted by atomic mass is 19.4. The zero-order valence-electron chi connectivity index (χ0n) is 12.3. The highest BCUT2D eigenvalue weighted by Gasteiger charge is 2.32. The lowest BCUT2D eigenvalue weighted by molar-refractivity contribution is -0.147. The second kappa shape index (κ2) is 5.40. The Morgan fingerprint density at radius 2 is 1.85 bits per heavy atom. The number of rotatable bonds is 3. The highest BCUT2D eigenvalue weighted by molar-refractivity contribution is 5.37. The summed E-state index contributed by atoms with van der Waals surface area (Å²) < 4.78 is 37.5. The molecule has 0 unspecified atom stereocenters. The van der Waals surface area contributed by atoms with Gasteiger partial charge >= 0.3 is 6.18 Å². The largest absolute Gasteiger partial charge is 0.401 e. The molecule has 1 aliphatic rings. The van der Waals surface area contributed by atoms with Gasteiger partial charge in [0, 0.05) is 13.1 Å². The first-order chi connectivity index (χ1) is 9.21. The molecule has 0 N–H and O–H groups in total. The van der Waals surface area contributed by atoms with Crippen molar-refractivity contribution in [2.24, 2.45) is 0 Å². The molecule has 0 saturated carbocycles. The first kappa shape index (κ1) is 15.4. The summed E-state index contributed by atoms with van der Waals surface area (Å²) in [6.07, 6.45) is -2.39. The van der Waals surface area contributed by atoms with E-state index in [0.29, 0.717) is 19.5 Å². The fourth-order valence-electron chi connectivity index (χ4n) is 2.63. The average molecular weight is 285 g/mol. The van der Waals surface area contributed by atoms with E-state index >= 15 is 0 Å². The van der Waals surface area contributed by atoms with E-state index in [0.717, 1.165) is 12.0 Å². The molecule has 0 radical (unpaired) electrons. The van der Waals surface area contributed by atoms with E-state index in [1.165, 1.54) is 16.0 Å². The quantitative estimate of drug-likeness (QED) is 0.800. The Balaban J connectivity index is 2.20. The van der Waals surface area contributed by atoms with Crippen molar-refractivity contribution in [2.75, 3.05) is 13.1 Å². The molecule has 0 aliphatic carbocycles. The Labute approximate surface area is 118 Å². The number of alkyl halides is 3. The van der Waals surface area contributed by atoms with Gasteiger partial charge in [-0.15, -0.1) is 0 Å². The van der Waals surface area contributed by atoms with E-state index in [1.807, 2.05) is 0 Å². The molecule has 1 heterocycles. The molecule has 0 saturated heterocycles. The fraction of sp³-hybridized carbons (Fsp3) is 0.625. The summed E-state index contributed by atoms with van der Waals surface area (Å²) in [4.78, 5) is 1.49. The zero-order valence-corrected chi connectivity index (χ0v) is 12.3. The second-order valence-electron chi connectivity index (χ2n) is 6.30. The van der Waals surface area contributed by atoms with E-state index < -0.39 is 12.7 Å². The smallest absolute Gasteiger partial charge is 0.290 e. The van der Waals surface area contributed by atoms with Crippen LogP contribution in [0.2, 0.25) is 0 Å². The van der Waals surface area contributed by atoms with Gasteiger partial charge in [-0.2, -0.15) is 13.2 Å². The highest BCUT2D eigenvalue weighted by Crippen LogP contribution is 2.31. The van der Waals surface area contributed by atoms with Crippen molar-refractivity contribution in [3.8, 4) is 0 Å². The monoisotopic (exact) mass is 285 g/mol. The lowest BCUT2D eigenvalue weighted by Crippen LogP contribution is -2.38. The van der Waals surface area contributed by atoms with Crippen molar-refractivity contribution in [3.05, 3.63) is 34.9 Å². The van der Waals surface area contributed by atoms with Gasteiger partial charge in [0.15, 0.2) is 0 Å². The predicted octanol–water partition coefficient (Wildman–Crippen LogP) is 4.29. The van der Waals surface area contributed by atoms with Gasteiger partial charge in [-0.25, -0.2) is 0 Å². The summed E-state index contributed by atoms with van der Waals surface area (Å²) in [5, 5.41) is 0. The molecule has 1 aromatic carbocycles. The molecule has 1 aromatic rings. The molecule has 1 nitrogen and oxygen atoms in total. The van der Waals surface area contributed by atoms with Gasteiger partial charge in [-0.05, 0) is 34.9 Å². The molecule has 2 rings (SSSR count). The van der Waals surface area contributed by atoms with E-state index in [9.17, 15) is 13.2 Å². The Bertz CT molecular complexity index is 477. The molecule has 0 amide bonds. The first-order valence-electron chi connectivity index (χ1n) is 7.12. The summed E-state index contributed by atoms with van der Waals surface area (Å²) in [5.41, 5.74) is 3.53. The Hall–Kier alpha value is -1.03. The molecular weight excluding hydrogens is 263 g/mol. The lowest BCUT2D eigenvalue weighted by atomic mass is 9.80. The fourth-order valence-corrected chi connectivity index (χ4v) is 2.63. The zero-order chi connectivity index (χ0) is 15.0. The second-order valence-corrected chi connectivity index (χ2v) is 6.30. The molecule has 0 fully saturated rings. The molecule has 0 atom stereocenters. The van der Waals surface area contributed by atoms with E-state index in [-0.39, 0.29) is 5.41 Å². The minimum atomic E-state index is -4.11. The number of nitrogens with zero attached hydrogens (tertiary/aromatic N) is 1. The molecule has 20 heavy (non-hydrogen) atoms. The third-order valence-electron chi connectivity index (χ3n) is 4.37. The van der Waals surface area contributed by atoms with Crippen LogP contribution in [0.1, 0.15) is 43.9 Å². The van der Waals surface area contributed by atoms with Crippen LogP contribution in [0, 0.1) is 0 Å². The van der Waals surface area contributed by atoms with Gasteiger partial charge in [0.05, 0.1) is 6.54 Å². The van der Waals surface area contributed by atoms with Crippen LogP contribution >= 0.6 is 0 Å². The van der Waals surface area contributed by atoms with Crippen LogP contribution in [0.3, 0.4) is 0 Å². The molecule has 4 heteroatoms. The topological polar surface area (TPSA) is 3.24 Å². The maximum atomic E-state index is 12.5. The van der Waals surface area contributed by atoms with Crippen LogP contribution in [0.15, 0.2) is 18.2 Å². The molecule has 1 aliphatic heterocycles. The van der Waals surface area contributed by atoms with Crippen LogP contribution < -0.4 is 0 Å². The van der Waals surface area contributed by atoms with Gasteiger partial charge in [-0.1, -0.05) is 39.0 Å². The molecule has 112 valence electrons. The van der Waals surface area contributed by atoms with E-state index in [1.54, 1.807) is 0 Å². The number of hydrogen-bond acceptors (Lipinski definition) is 1. The van der Waals surface area contributed by atoms with E-state index in [2.05, 4.69) is 39.0 Å². The predicted molar refractivity (Wildman–Crippen MR) is 74.8 cm³/mol. The van der Waals surface area contributed by atoms with Gasteiger partial charge in [0.25, 0.3) is 0 Å². The van der Waals surface area contributed by atoms with Crippen molar-refractivity contribution in [2.45, 2.75) is 51.7 Å². The van der Waals surface area contributed by atoms with Crippen molar-refractivity contribution in [1.82, 2.24) is 4.90 Å². The minimum absolute atomic E-state index is 0.0708. The van der Waals surface area contributed by atoms with Gasteiger partial charge in [-0.3, -0.25) is 4.90 Å². The third-order valence-corrected chi connectivity index (χ3v) is 4.37. The number of halogens is 3. The van der Waals surface area contributed by atoms with Crippen LogP contribution in [-0.2, 0) is 18.4 Å². The van der Waals surface area contributed by atoms with Crippen LogP contribution in [0.4, 0.5) is 13.2 Å². The molecule has 0 bridgehead atoms. The summed E-state index contributed by atoms with van der Waals surface area (Å²) in [6.45, 7) is 6.56. The molecule has 0 spiro atoms. The van der Waals surface area contributed by atoms with Crippen LogP contribution in [-0.4, -0.2) is 24.2 Å². The van der Waals surface area contributed by atoms with Crippen molar-refractivity contribution in [1.29, 1.82) is 0 Å². The Morgan fingerprint density at radius 3 is 2.45 bits per heavy atom. The third kappa shape index (κ3) is 3.54. The van der Waals surface area contributed by atoms with Gasteiger partial charge < -0.3 is 0 Å².